The number of aryl methyl sites for hydroxylation is 2. The molecule has 3 aromatic rings. The van der Waals surface area contributed by atoms with Crippen LogP contribution in [0.5, 0.6) is 0 Å². The maximum atomic E-state index is 13.7. The van der Waals surface area contributed by atoms with Crippen LogP contribution in [0.3, 0.4) is 0 Å². The summed E-state index contributed by atoms with van der Waals surface area (Å²) >= 11 is 0. The van der Waals surface area contributed by atoms with E-state index in [1.807, 2.05) is 41.3 Å². The molecule has 12 nitrogen and oxygen atoms in total. The Labute approximate surface area is 287 Å². The standard InChI is InChI=1S/C37H45N9O3/c1-44(2)34(48)25-11-13-29-23(15-25)9-10-24-16-26(35(49)45(3)4)12-14-30(24)37(29,36-40-42-43-41-36)19-31(22-7-5-6-8-22)39-21-33(47)46-28(20-38)17-27-18-32(27)46/h11-16,22,27-28,31-32,39H,5-10,17-19,21H2,1-4H3,(H,40,41,42,43)/t27-,28+,31+,32+/m1/s1. The van der Waals surface area contributed by atoms with Crippen molar-refractivity contribution in [1.82, 2.24) is 40.6 Å². The Balaban J connectivity index is 1.35. The summed E-state index contributed by atoms with van der Waals surface area (Å²) in [6, 6.07) is 13.9. The first kappa shape index (κ1) is 32.9. The Morgan fingerprint density at radius 3 is 2.12 bits per heavy atom. The first-order valence-corrected chi connectivity index (χ1v) is 17.5. The molecule has 7 rings (SSSR count). The number of likely N-dealkylation sites (tertiary alicyclic amines) is 1. The van der Waals surface area contributed by atoms with Crippen LogP contribution in [-0.4, -0.2) is 106 Å². The molecule has 4 aliphatic rings. The summed E-state index contributed by atoms with van der Waals surface area (Å²) in [6.45, 7) is 0.150. The number of carbonyl (C=O) groups excluding carboxylic acids is 3. The van der Waals surface area contributed by atoms with Gasteiger partial charge in [0.05, 0.1) is 18.0 Å². The van der Waals surface area contributed by atoms with Gasteiger partial charge in [-0.1, -0.05) is 30.2 Å². The van der Waals surface area contributed by atoms with Gasteiger partial charge in [0.1, 0.15) is 6.04 Å². The number of aromatic nitrogens is 4. The fourth-order valence-electron chi connectivity index (χ4n) is 8.86. The molecule has 1 saturated heterocycles. The van der Waals surface area contributed by atoms with E-state index < -0.39 is 5.41 Å². The second kappa shape index (κ2) is 13.0. The van der Waals surface area contributed by atoms with Gasteiger partial charge in [0.25, 0.3) is 11.8 Å². The highest BCUT2D eigenvalue weighted by molar-refractivity contribution is 5.95. The lowest BCUT2D eigenvalue weighted by molar-refractivity contribution is -0.131. The molecular formula is C37H45N9O3. The van der Waals surface area contributed by atoms with E-state index in [0.717, 1.165) is 60.8 Å². The molecule has 256 valence electrons. The normalized spacial score (nSPS) is 22.7. The molecule has 2 aromatic carbocycles. The highest BCUT2D eigenvalue weighted by Crippen LogP contribution is 2.49. The number of carbonyl (C=O) groups is 3. The number of piperidine rings is 1. The second-order valence-electron chi connectivity index (χ2n) is 14.8. The topological polar surface area (TPSA) is 151 Å². The monoisotopic (exact) mass is 663 g/mol. The van der Waals surface area contributed by atoms with Crippen molar-refractivity contribution in [1.29, 1.82) is 5.26 Å². The molecule has 2 heterocycles. The fourth-order valence-corrected chi connectivity index (χ4v) is 8.86. The average Bonchev–Trinajstić information content (AvgIpc) is 3.51. The Morgan fingerprint density at radius 1 is 0.980 bits per heavy atom. The van der Waals surface area contributed by atoms with E-state index >= 15 is 0 Å². The molecular weight excluding hydrogens is 618 g/mol. The van der Waals surface area contributed by atoms with E-state index in [4.69, 9.17) is 0 Å². The Morgan fingerprint density at radius 2 is 1.59 bits per heavy atom. The van der Waals surface area contributed by atoms with Crippen LogP contribution < -0.4 is 5.32 Å². The van der Waals surface area contributed by atoms with Gasteiger partial charge >= 0.3 is 0 Å². The summed E-state index contributed by atoms with van der Waals surface area (Å²) in [6.07, 6.45) is 7.93. The number of H-pyrrole nitrogens is 1. The summed E-state index contributed by atoms with van der Waals surface area (Å²) in [5.74, 6) is 1.11. The third kappa shape index (κ3) is 5.88. The van der Waals surface area contributed by atoms with Gasteiger partial charge in [0, 0.05) is 51.4 Å². The van der Waals surface area contributed by atoms with Gasteiger partial charge < -0.3 is 20.0 Å². The van der Waals surface area contributed by atoms with Crippen molar-refractivity contribution in [3.8, 4) is 6.07 Å². The number of rotatable bonds is 9. The van der Waals surface area contributed by atoms with Crippen LogP contribution in [0, 0.1) is 23.2 Å². The van der Waals surface area contributed by atoms with Gasteiger partial charge in [-0.15, -0.1) is 10.2 Å². The van der Waals surface area contributed by atoms with Crippen molar-refractivity contribution in [2.75, 3.05) is 34.7 Å². The number of hydrogen-bond donors (Lipinski definition) is 2. The van der Waals surface area contributed by atoms with Crippen LogP contribution in [-0.2, 0) is 23.1 Å². The maximum absolute atomic E-state index is 13.7. The van der Waals surface area contributed by atoms with Crippen LogP contribution in [0.4, 0.5) is 0 Å². The molecule has 0 radical (unpaired) electrons. The zero-order chi connectivity index (χ0) is 34.4. The number of hydrogen-bond acceptors (Lipinski definition) is 8. The summed E-state index contributed by atoms with van der Waals surface area (Å²) in [5, 5.41) is 29.6. The first-order valence-electron chi connectivity index (χ1n) is 17.5. The number of benzene rings is 2. The molecule has 2 N–H and O–H groups in total. The van der Waals surface area contributed by atoms with Gasteiger partial charge in [0.2, 0.25) is 5.91 Å². The molecule has 3 aliphatic carbocycles. The van der Waals surface area contributed by atoms with Gasteiger partial charge in [0.15, 0.2) is 5.82 Å². The van der Waals surface area contributed by atoms with E-state index in [2.05, 4.69) is 32.0 Å². The molecule has 0 unspecified atom stereocenters. The number of fused-ring (bicyclic) bond motifs is 3. The summed E-state index contributed by atoms with van der Waals surface area (Å²) in [7, 11) is 7.00. The molecule has 1 aromatic heterocycles. The Hall–Kier alpha value is -4.63. The van der Waals surface area contributed by atoms with Crippen LogP contribution in [0.1, 0.15) is 93.7 Å². The van der Waals surface area contributed by atoms with Crippen LogP contribution in [0.15, 0.2) is 36.4 Å². The van der Waals surface area contributed by atoms with Crippen molar-refractivity contribution in [2.45, 2.75) is 81.3 Å². The molecule has 0 bridgehead atoms. The van der Waals surface area contributed by atoms with Crippen molar-refractivity contribution >= 4 is 17.7 Å². The number of amides is 3. The zero-order valence-corrected chi connectivity index (χ0v) is 28.8. The fraction of sp³-hybridized carbons (Fsp3) is 0.541. The smallest absolute Gasteiger partial charge is 0.253 e. The SMILES string of the molecule is CN(C)C(=O)c1ccc2c(c1)CCc1cc(C(=O)N(C)C)ccc1C2(C[C@H](NCC(=O)N1[C@H](C#N)C[C@@H]2C[C@@H]21)C1CCCC1)c1nn[nH]n1. The van der Waals surface area contributed by atoms with E-state index in [0.29, 0.717) is 48.0 Å². The lowest BCUT2D eigenvalue weighted by Crippen LogP contribution is -2.49. The average molecular weight is 664 g/mol. The molecule has 3 amide bonds. The third-order valence-corrected chi connectivity index (χ3v) is 11.4. The maximum Gasteiger partial charge on any atom is 0.253 e. The number of nitrogens with one attached hydrogen (secondary N) is 2. The molecule has 12 heteroatoms. The van der Waals surface area contributed by atoms with E-state index in [9.17, 15) is 19.6 Å². The highest BCUT2D eigenvalue weighted by Gasteiger charge is 2.54. The Kier molecular flexibility index (Phi) is 8.73. The van der Waals surface area contributed by atoms with Crippen molar-refractivity contribution < 1.29 is 14.4 Å². The number of tetrazole rings is 1. The van der Waals surface area contributed by atoms with E-state index in [-0.39, 0.29) is 42.4 Å². The van der Waals surface area contributed by atoms with Crippen molar-refractivity contribution in [3.63, 3.8) is 0 Å². The molecule has 4 atom stereocenters. The van der Waals surface area contributed by atoms with Crippen molar-refractivity contribution in [2.24, 2.45) is 11.8 Å². The zero-order valence-electron chi connectivity index (χ0n) is 28.8. The predicted octanol–water partition coefficient (Wildman–Crippen LogP) is 3.09. The van der Waals surface area contributed by atoms with Crippen LogP contribution >= 0.6 is 0 Å². The van der Waals surface area contributed by atoms with Crippen LogP contribution in [0.2, 0.25) is 0 Å². The summed E-state index contributed by atoms with van der Waals surface area (Å²) in [4.78, 5) is 45.1. The van der Waals surface area contributed by atoms with E-state index in [1.54, 1.807) is 38.0 Å². The lowest BCUT2D eigenvalue weighted by Gasteiger charge is -2.39. The van der Waals surface area contributed by atoms with Crippen molar-refractivity contribution in [3.05, 3.63) is 75.6 Å². The van der Waals surface area contributed by atoms with Crippen LogP contribution in [0.25, 0.3) is 0 Å². The number of aromatic amines is 1. The number of nitriles is 1. The largest absolute Gasteiger partial charge is 0.345 e. The second-order valence-corrected chi connectivity index (χ2v) is 14.8. The molecule has 0 spiro atoms. The molecule has 1 aliphatic heterocycles. The quantitative estimate of drug-likeness (QED) is 0.355. The van der Waals surface area contributed by atoms with E-state index in [1.165, 1.54) is 0 Å². The highest BCUT2D eigenvalue weighted by atomic mass is 16.2. The first-order chi connectivity index (χ1) is 23.6. The minimum Gasteiger partial charge on any atom is -0.345 e. The summed E-state index contributed by atoms with van der Waals surface area (Å²) in [5.41, 5.74) is 4.33. The minimum atomic E-state index is -0.902. The van der Waals surface area contributed by atoms with Gasteiger partial charge in [-0.05, 0) is 103 Å². The molecule has 49 heavy (non-hydrogen) atoms. The molecule has 2 saturated carbocycles. The minimum absolute atomic E-state index is 0.0199. The van der Waals surface area contributed by atoms with Gasteiger partial charge in [-0.25, -0.2) is 0 Å². The summed E-state index contributed by atoms with van der Waals surface area (Å²) < 4.78 is 0. The predicted molar refractivity (Wildman–Crippen MR) is 182 cm³/mol. The molecule has 3 fully saturated rings. The van der Waals surface area contributed by atoms with Gasteiger partial charge in [-0.3, -0.25) is 14.4 Å². The van der Waals surface area contributed by atoms with Gasteiger partial charge in [-0.2, -0.15) is 10.5 Å². The number of nitrogens with zero attached hydrogens (tertiary/aromatic N) is 7. The lowest BCUT2D eigenvalue weighted by atomic mass is 9.66. The third-order valence-electron chi connectivity index (χ3n) is 11.4. The Bertz CT molecular complexity index is 1720.